The fourth-order valence-corrected chi connectivity index (χ4v) is 1.40. The standard InChI is InChI=1S/C14H13N/c1-2-15-11-10-14(12-15)9-8-13-6-4-3-5-7-13/h2-12H,1H2/b9-8-. The molecule has 74 valence electrons. The third-order valence-corrected chi connectivity index (χ3v) is 2.22. The van der Waals surface area contributed by atoms with E-state index in [1.54, 1.807) is 6.20 Å². The number of benzene rings is 1. The van der Waals surface area contributed by atoms with E-state index in [4.69, 9.17) is 0 Å². The first-order chi connectivity index (χ1) is 7.38. The van der Waals surface area contributed by atoms with Gasteiger partial charge in [-0.2, -0.15) is 0 Å². The molecule has 2 aromatic rings. The molecule has 0 aliphatic rings. The third kappa shape index (κ3) is 2.47. The summed E-state index contributed by atoms with van der Waals surface area (Å²) in [6.07, 6.45) is 9.99. The quantitative estimate of drug-likeness (QED) is 0.702. The van der Waals surface area contributed by atoms with Gasteiger partial charge in [-0.05, 0) is 17.2 Å². The van der Waals surface area contributed by atoms with Gasteiger partial charge in [-0.15, -0.1) is 0 Å². The molecule has 1 aromatic carbocycles. The minimum absolute atomic E-state index is 1.18. The van der Waals surface area contributed by atoms with Gasteiger partial charge in [0, 0.05) is 18.6 Å². The Morgan fingerprint density at radius 1 is 0.933 bits per heavy atom. The molecule has 0 amide bonds. The molecule has 0 aliphatic heterocycles. The van der Waals surface area contributed by atoms with Crippen molar-refractivity contribution in [3.63, 3.8) is 0 Å². The van der Waals surface area contributed by atoms with Crippen molar-refractivity contribution in [2.75, 3.05) is 0 Å². The molecule has 0 unspecified atom stereocenters. The molecule has 1 aromatic heterocycles. The van der Waals surface area contributed by atoms with Gasteiger partial charge in [-0.25, -0.2) is 0 Å². The van der Waals surface area contributed by atoms with E-state index in [9.17, 15) is 0 Å². The van der Waals surface area contributed by atoms with Crippen molar-refractivity contribution in [3.05, 3.63) is 66.5 Å². The normalized spacial score (nSPS) is 10.7. The Morgan fingerprint density at radius 2 is 1.67 bits per heavy atom. The highest BCUT2D eigenvalue weighted by Gasteiger charge is 1.89. The lowest BCUT2D eigenvalue weighted by atomic mass is 10.2. The van der Waals surface area contributed by atoms with Gasteiger partial charge in [0.2, 0.25) is 0 Å². The van der Waals surface area contributed by atoms with E-state index in [0.29, 0.717) is 0 Å². The van der Waals surface area contributed by atoms with Crippen LogP contribution in [0.5, 0.6) is 0 Å². The summed E-state index contributed by atoms with van der Waals surface area (Å²) in [6.45, 7) is 3.70. The molecule has 1 heterocycles. The fraction of sp³-hybridized carbons (Fsp3) is 0. The molecular formula is C14H13N. The molecule has 0 atom stereocenters. The first kappa shape index (κ1) is 9.53. The van der Waals surface area contributed by atoms with Crippen LogP contribution in [0.25, 0.3) is 18.4 Å². The molecule has 0 spiro atoms. The number of hydrogen-bond acceptors (Lipinski definition) is 0. The highest BCUT2D eigenvalue weighted by molar-refractivity contribution is 5.69. The van der Waals surface area contributed by atoms with Gasteiger partial charge in [0.1, 0.15) is 0 Å². The molecule has 2 rings (SSSR count). The first-order valence-electron chi connectivity index (χ1n) is 4.91. The lowest BCUT2D eigenvalue weighted by molar-refractivity contribution is 1.17. The highest BCUT2D eigenvalue weighted by Crippen LogP contribution is 2.08. The van der Waals surface area contributed by atoms with Gasteiger partial charge in [-0.1, -0.05) is 49.1 Å². The van der Waals surface area contributed by atoms with Crippen molar-refractivity contribution in [2.24, 2.45) is 0 Å². The topological polar surface area (TPSA) is 4.93 Å². The maximum atomic E-state index is 3.70. The summed E-state index contributed by atoms with van der Waals surface area (Å²) in [6, 6.07) is 12.3. The SMILES string of the molecule is C=Cn1ccc(/C=C\c2ccccc2)c1. The fourth-order valence-electron chi connectivity index (χ4n) is 1.40. The van der Waals surface area contributed by atoms with Crippen LogP contribution in [0, 0.1) is 0 Å². The summed E-state index contributed by atoms with van der Waals surface area (Å²) in [4.78, 5) is 0. The summed E-state index contributed by atoms with van der Waals surface area (Å²) >= 11 is 0. The molecule has 1 heteroatoms. The van der Waals surface area contributed by atoms with Gasteiger partial charge in [0.05, 0.1) is 0 Å². The smallest absolute Gasteiger partial charge is 0.0155 e. The zero-order valence-electron chi connectivity index (χ0n) is 8.51. The number of aromatic nitrogens is 1. The summed E-state index contributed by atoms with van der Waals surface area (Å²) in [5.74, 6) is 0. The maximum Gasteiger partial charge on any atom is 0.0155 e. The van der Waals surface area contributed by atoms with E-state index in [1.807, 2.05) is 35.2 Å². The van der Waals surface area contributed by atoms with E-state index < -0.39 is 0 Å². The second-order valence-electron chi connectivity index (χ2n) is 3.32. The number of rotatable bonds is 3. The zero-order chi connectivity index (χ0) is 10.5. The molecule has 0 saturated carbocycles. The summed E-state index contributed by atoms with van der Waals surface area (Å²) < 4.78 is 1.94. The lowest BCUT2D eigenvalue weighted by Crippen LogP contribution is -1.74. The number of hydrogen-bond donors (Lipinski definition) is 0. The Labute approximate surface area is 90.0 Å². The van der Waals surface area contributed by atoms with Crippen LogP contribution in [0.3, 0.4) is 0 Å². The number of nitrogens with zero attached hydrogens (tertiary/aromatic N) is 1. The predicted octanol–water partition coefficient (Wildman–Crippen LogP) is 3.76. The Balaban J connectivity index is 2.15. The monoisotopic (exact) mass is 195 g/mol. The van der Waals surface area contributed by atoms with Crippen LogP contribution in [0.2, 0.25) is 0 Å². The summed E-state index contributed by atoms with van der Waals surface area (Å²) in [5.41, 5.74) is 2.39. The van der Waals surface area contributed by atoms with Crippen LogP contribution in [-0.2, 0) is 0 Å². The van der Waals surface area contributed by atoms with Crippen molar-refractivity contribution in [3.8, 4) is 0 Å². The first-order valence-corrected chi connectivity index (χ1v) is 4.91. The largest absolute Gasteiger partial charge is 0.331 e. The molecular weight excluding hydrogens is 182 g/mol. The minimum atomic E-state index is 1.18. The average molecular weight is 195 g/mol. The van der Waals surface area contributed by atoms with Crippen LogP contribution in [0.4, 0.5) is 0 Å². The van der Waals surface area contributed by atoms with Crippen molar-refractivity contribution >= 4 is 18.4 Å². The summed E-state index contributed by atoms with van der Waals surface area (Å²) in [7, 11) is 0. The molecule has 0 N–H and O–H groups in total. The Hall–Kier alpha value is -2.02. The van der Waals surface area contributed by atoms with Crippen LogP contribution < -0.4 is 0 Å². The Bertz CT molecular complexity index is 463. The van der Waals surface area contributed by atoms with E-state index in [2.05, 4.69) is 36.9 Å². The van der Waals surface area contributed by atoms with Crippen LogP contribution in [0.15, 0.2) is 55.4 Å². The van der Waals surface area contributed by atoms with Gasteiger partial charge < -0.3 is 4.57 Å². The maximum absolute atomic E-state index is 3.70. The van der Waals surface area contributed by atoms with E-state index in [0.717, 1.165) is 0 Å². The van der Waals surface area contributed by atoms with Gasteiger partial charge >= 0.3 is 0 Å². The van der Waals surface area contributed by atoms with Gasteiger partial charge in [0.25, 0.3) is 0 Å². The molecule has 0 aliphatic carbocycles. The van der Waals surface area contributed by atoms with E-state index in [-0.39, 0.29) is 0 Å². The molecule has 0 fully saturated rings. The lowest BCUT2D eigenvalue weighted by Gasteiger charge is -1.90. The Kier molecular flexibility index (Phi) is 2.84. The van der Waals surface area contributed by atoms with Crippen molar-refractivity contribution in [1.82, 2.24) is 4.57 Å². The Morgan fingerprint density at radius 3 is 2.33 bits per heavy atom. The van der Waals surface area contributed by atoms with Crippen LogP contribution >= 0.6 is 0 Å². The van der Waals surface area contributed by atoms with Gasteiger partial charge in [0.15, 0.2) is 0 Å². The second kappa shape index (κ2) is 4.47. The zero-order valence-corrected chi connectivity index (χ0v) is 8.51. The summed E-state index contributed by atoms with van der Waals surface area (Å²) in [5, 5.41) is 0. The second-order valence-corrected chi connectivity index (χ2v) is 3.32. The van der Waals surface area contributed by atoms with Crippen molar-refractivity contribution in [2.45, 2.75) is 0 Å². The van der Waals surface area contributed by atoms with E-state index in [1.165, 1.54) is 11.1 Å². The molecule has 15 heavy (non-hydrogen) atoms. The van der Waals surface area contributed by atoms with Crippen molar-refractivity contribution < 1.29 is 0 Å². The van der Waals surface area contributed by atoms with Crippen LogP contribution in [0.1, 0.15) is 11.1 Å². The molecule has 0 saturated heterocycles. The molecule has 0 radical (unpaired) electrons. The van der Waals surface area contributed by atoms with E-state index >= 15 is 0 Å². The molecule has 0 bridgehead atoms. The predicted molar refractivity (Wildman–Crippen MR) is 66.2 cm³/mol. The van der Waals surface area contributed by atoms with Crippen molar-refractivity contribution in [1.29, 1.82) is 0 Å². The average Bonchev–Trinajstić information content (AvgIpc) is 2.76. The minimum Gasteiger partial charge on any atom is -0.331 e. The van der Waals surface area contributed by atoms with Gasteiger partial charge in [-0.3, -0.25) is 0 Å². The highest BCUT2D eigenvalue weighted by atomic mass is 14.9. The molecule has 1 nitrogen and oxygen atoms in total. The van der Waals surface area contributed by atoms with Crippen LogP contribution in [-0.4, -0.2) is 4.57 Å². The third-order valence-electron chi connectivity index (χ3n) is 2.22.